The smallest absolute Gasteiger partial charge is 0.0369 e. The third-order valence-corrected chi connectivity index (χ3v) is 3.90. The van der Waals surface area contributed by atoms with E-state index in [1.807, 2.05) is 0 Å². The van der Waals surface area contributed by atoms with Crippen LogP contribution in [0.2, 0.25) is 0 Å². The largest absolute Gasteiger partial charge is 0.365 e. The maximum absolute atomic E-state index is 3.42. The lowest BCUT2D eigenvalue weighted by Crippen LogP contribution is -2.46. The molecule has 1 aliphatic heterocycles. The summed E-state index contributed by atoms with van der Waals surface area (Å²) in [7, 11) is 0. The molecule has 1 aromatic heterocycles. The van der Waals surface area contributed by atoms with Gasteiger partial charge in [-0.3, -0.25) is 4.90 Å². The first-order valence-electron chi connectivity index (χ1n) is 6.62. The van der Waals surface area contributed by atoms with Crippen molar-refractivity contribution in [1.82, 2.24) is 9.88 Å². The highest BCUT2D eigenvalue weighted by molar-refractivity contribution is 5.28. The Kier molecular flexibility index (Phi) is 3.38. The number of hydrogen-bond donors (Lipinski definition) is 1. The van der Waals surface area contributed by atoms with Crippen LogP contribution in [0.5, 0.6) is 0 Å². The van der Waals surface area contributed by atoms with E-state index in [0.29, 0.717) is 18.1 Å². The second-order valence-electron chi connectivity index (χ2n) is 5.14. The Morgan fingerprint density at radius 1 is 1.38 bits per heavy atom. The minimum Gasteiger partial charge on any atom is -0.365 e. The van der Waals surface area contributed by atoms with Gasteiger partial charge in [0.25, 0.3) is 0 Å². The average Bonchev–Trinajstić information content (AvgIpc) is 2.73. The lowest BCUT2D eigenvalue weighted by Gasteiger charge is -2.44. The van der Waals surface area contributed by atoms with Crippen molar-refractivity contribution in [2.45, 2.75) is 65.1 Å². The van der Waals surface area contributed by atoms with Crippen LogP contribution in [0.25, 0.3) is 0 Å². The van der Waals surface area contributed by atoms with Crippen LogP contribution in [0.3, 0.4) is 0 Å². The van der Waals surface area contributed by atoms with Gasteiger partial charge in [-0.1, -0.05) is 13.8 Å². The van der Waals surface area contributed by atoms with Crippen LogP contribution in [0, 0.1) is 0 Å². The summed E-state index contributed by atoms with van der Waals surface area (Å²) in [6.07, 6.45) is 5.74. The molecule has 2 heterocycles. The Morgan fingerprint density at radius 3 is 2.69 bits per heavy atom. The minimum absolute atomic E-state index is 0.611. The van der Waals surface area contributed by atoms with Crippen molar-refractivity contribution in [3.63, 3.8) is 0 Å². The molecule has 2 rings (SSSR count). The zero-order valence-corrected chi connectivity index (χ0v) is 11.0. The van der Waals surface area contributed by atoms with Gasteiger partial charge in [-0.25, -0.2) is 0 Å². The molecule has 0 saturated carbocycles. The van der Waals surface area contributed by atoms with E-state index in [4.69, 9.17) is 0 Å². The quantitative estimate of drug-likeness (QED) is 0.826. The molecule has 1 aromatic rings. The number of aromatic nitrogens is 1. The van der Waals surface area contributed by atoms with Gasteiger partial charge >= 0.3 is 0 Å². The topological polar surface area (TPSA) is 19.0 Å². The zero-order valence-electron chi connectivity index (χ0n) is 11.0. The van der Waals surface area contributed by atoms with Crippen molar-refractivity contribution in [3.05, 3.63) is 23.5 Å². The second kappa shape index (κ2) is 4.62. The van der Waals surface area contributed by atoms with Crippen LogP contribution in [-0.2, 0) is 6.42 Å². The van der Waals surface area contributed by atoms with Crippen molar-refractivity contribution in [2.24, 2.45) is 0 Å². The molecule has 2 nitrogen and oxygen atoms in total. The molecule has 90 valence electrons. The molecule has 2 heteroatoms. The molecule has 1 aliphatic rings. The molecular formula is C14H24N2. The van der Waals surface area contributed by atoms with E-state index in [2.05, 4.69) is 49.8 Å². The van der Waals surface area contributed by atoms with E-state index in [9.17, 15) is 0 Å². The Hall–Kier alpha value is -0.760. The van der Waals surface area contributed by atoms with Crippen LogP contribution < -0.4 is 0 Å². The number of nitrogens with one attached hydrogen (secondary N) is 1. The fraction of sp³-hybridized carbons (Fsp3) is 0.714. The van der Waals surface area contributed by atoms with Crippen molar-refractivity contribution in [3.8, 4) is 0 Å². The SMILES string of the molecule is CC[C@H]1Cc2[nH]ccc2[C@@H](CC)N1C(C)C. The molecule has 0 aromatic carbocycles. The summed E-state index contributed by atoms with van der Waals surface area (Å²) in [6.45, 7) is 9.25. The predicted octanol–water partition coefficient (Wildman–Crippen LogP) is 3.51. The van der Waals surface area contributed by atoms with Crippen molar-refractivity contribution >= 4 is 0 Å². The van der Waals surface area contributed by atoms with Crippen LogP contribution in [0.15, 0.2) is 12.3 Å². The second-order valence-corrected chi connectivity index (χ2v) is 5.14. The van der Waals surface area contributed by atoms with Crippen LogP contribution in [0.4, 0.5) is 0 Å². The molecule has 0 aliphatic carbocycles. The maximum Gasteiger partial charge on any atom is 0.0369 e. The van der Waals surface area contributed by atoms with Crippen LogP contribution in [-0.4, -0.2) is 22.0 Å². The highest BCUT2D eigenvalue weighted by Gasteiger charge is 2.34. The van der Waals surface area contributed by atoms with E-state index in [1.54, 1.807) is 0 Å². The van der Waals surface area contributed by atoms with Crippen molar-refractivity contribution in [2.75, 3.05) is 0 Å². The van der Waals surface area contributed by atoms with E-state index in [1.165, 1.54) is 30.5 Å². The van der Waals surface area contributed by atoms with Gasteiger partial charge in [-0.15, -0.1) is 0 Å². The lowest BCUT2D eigenvalue weighted by atomic mass is 9.89. The van der Waals surface area contributed by atoms with Crippen LogP contribution >= 0.6 is 0 Å². The standard InChI is InChI=1S/C14H24N2/c1-5-11-9-13-12(7-8-15-13)14(6-2)16(11)10(3)4/h7-8,10-11,14-15H,5-6,9H2,1-4H3/t11-,14+/m0/s1. The number of rotatable bonds is 3. The highest BCUT2D eigenvalue weighted by atomic mass is 15.2. The molecule has 0 fully saturated rings. The van der Waals surface area contributed by atoms with Gasteiger partial charge in [0.15, 0.2) is 0 Å². The number of nitrogens with zero attached hydrogens (tertiary/aromatic N) is 1. The molecule has 0 saturated heterocycles. The van der Waals surface area contributed by atoms with Gasteiger partial charge in [0.05, 0.1) is 0 Å². The first-order valence-corrected chi connectivity index (χ1v) is 6.62. The minimum atomic E-state index is 0.611. The Labute approximate surface area is 99.0 Å². The molecule has 16 heavy (non-hydrogen) atoms. The summed E-state index contributed by atoms with van der Waals surface area (Å²) < 4.78 is 0. The fourth-order valence-corrected chi connectivity index (χ4v) is 3.23. The summed E-state index contributed by atoms with van der Waals surface area (Å²) in [5, 5.41) is 0. The molecule has 2 atom stereocenters. The summed E-state index contributed by atoms with van der Waals surface area (Å²) in [4.78, 5) is 6.12. The van der Waals surface area contributed by atoms with Gasteiger partial charge in [0.2, 0.25) is 0 Å². The van der Waals surface area contributed by atoms with Crippen molar-refractivity contribution in [1.29, 1.82) is 0 Å². The molecule has 1 N–H and O–H groups in total. The summed E-state index contributed by atoms with van der Waals surface area (Å²) in [5.74, 6) is 0. The number of aromatic amines is 1. The van der Waals surface area contributed by atoms with Gasteiger partial charge in [0.1, 0.15) is 0 Å². The molecular weight excluding hydrogens is 196 g/mol. The fourth-order valence-electron chi connectivity index (χ4n) is 3.23. The Bertz CT molecular complexity index is 340. The van der Waals surface area contributed by atoms with Gasteiger partial charge in [0, 0.05) is 36.4 Å². The molecule has 0 bridgehead atoms. The van der Waals surface area contributed by atoms with Gasteiger partial charge in [-0.05, 0) is 38.3 Å². The van der Waals surface area contributed by atoms with Gasteiger partial charge < -0.3 is 4.98 Å². The monoisotopic (exact) mass is 220 g/mol. The third-order valence-electron chi connectivity index (χ3n) is 3.90. The summed E-state index contributed by atoms with van der Waals surface area (Å²) in [6, 6.07) is 4.22. The molecule has 0 spiro atoms. The lowest BCUT2D eigenvalue weighted by molar-refractivity contribution is 0.0742. The highest BCUT2D eigenvalue weighted by Crippen LogP contribution is 2.37. The first-order chi connectivity index (χ1) is 7.69. The molecule has 0 unspecified atom stereocenters. The zero-order chi connectivity index (χ0) is 11.7. The summed E-state index contributed by atoms with van der Waals surface area (Å²) in [5.41, 5.74) is 3.00. The van der Waals surface area contributed by atoms with Crippen molar-refractivity contribution < 1.29 is 0 Å². The molecule has 0 amide bonds. The Balaban J connectivity index is 2.37. The third kappa shape index (κ3) is 1.80. The van der Waals surface area contributed by atoms with E-state index in [-0.39, 0.29) is 0 Å². The number of H-pyrrole nitrogens is 1. The number of hydrogen-bond acceptors (Lipinski definition) is 1. The molecule has 0 radical (unpaired) electrons. The Morgan fingerprint density at radius 2 is 2.12 bits per heavy atom. The van der Waals surface area contributed by atoms with E-state index in [0.717, 1.165) is 0 Å². The number of fused-ring (bicyclic) bond motifs is 1. The average molecular weight is 220 g/mol. The van der Waals surface area contributed by atoms with E-state index >= 15 is 0 Å². The summed E-state index contributed by atoms with van der Waals surface area (Å²) >= 11 is 0. The normalized spacial score (nSPS) is 26.1. The van der Waals surface area contributed by atoms with Gasteiger partial charge in [-0.2, -0.15) is 0 Å². The predicted molar refractivity (Wildman–Crippen MR) is 68.6 cm³/mol. The van der Waals surface area contributed by atoms with E-state index < -0.39 is 0 Å². The first kappa shape index (κ1) is 11.7. The van der Waals surface area contributed by atoms with Crippen LogP contribution in [0.1, 0.15) is 57.8 Å². The maximum atomic E-state index is 3.42.